The van der Waals surface area contributed by atoms with Crippen molar-refractivity contribution in [1.82, 2.24) is 0 Å². The highest BCUT2D eigenvalue weighted by atomic mass is 35.5. The Bertz CT molecular complexity index is 789. The number of anilines is 1. The van der Waals surface area contributed by atoms with Crippen LogP contribution < -0.4 is 10.4 Å². The van der Waals surface area contributed by atoms with E-state index in [9.17, 15) is 0 Å². The standard InChI is InChI=1S/C17H14ClN3/c1-12(13-7-9-15(18)10-8-13)20-21-16-6-2-4-14-5-3-11-19-17(14)16/h2-11,21H,1H3/p+1. The van der Waals surface area contributed by atoms with Crippen LogP contribution in [0.25, 0.3) is 10.9 Å². The number of nitrogens with zero attached hydrogens (tertiary/aromatic N) is 1. The average Bonchev–Trinajstić information content (AvgIpc) is 2.53. The molecule has 0 aliphatic carbocycles. The van der Waals surface area contributed by atoms with Crippen LogP contribution in [0.2, 0.25) is 5.02 Å². The van der Waals surface area contributed by atoms with Gasteiger partial charge in [0.15, 0.2) is 6.20 Å². The second-order valence-corrected chi connectivity index (χ2v) is 5.19. The molecule has 21 heavy (non-hydrogen) atoms. The molecule has 2 aromatic carbocycles. The summed E-state index contributed by atoms with van der Waals surface area (Å²) in [6.45, 7) is 1.96. The summed E-state index contributed by atoms with van der Waals surface area (Å²) in [7, 11) is 0. The van der Waals surface area contributed by atoms with Crippen LogP contribution in [0.15, 0.2) is 65.9 Å². The van der Waals surface area contributed by atoms with Gasteiger partial charge in [0, 0.05) is 16.5 Å². The first-order valence-corrected chi connectivity index (χ1v) is 7.07. The summed E-state index contributed by atoms with van der Waals surface area (Å²) in [6, 6.07) is 17.7. The zero-order valence-electron chi connectivity index (χ0n) is 11.6. The number of benzene rings is 2. The smallest absolute Gasteiger partial charge is 0.236 e. The quantitative estimate of drug-likeness (QED) is 0.572. The Morgan fingerprint density at radius 1 is 1.05 bits per heavy atom. The second kappa shape index (κ2) is 5.94. The van der Waals surface area contributed by atoms with E-state index in [1.165, 1.54) is 0 Å². The molecule has 0 unspecified atom stereocenters. The van der Waals surface area contributed by atoms with E-state index < -0.39 is 0 Å². The lowest BCUT2D eigenvalue weighted by Gasteiger charge is -2.04. The molecule has 0 aliphatic rings. The van der Waals surface area contributed by atoms with Crippen LogP contribution in [-0.2, 0) is 0 Å². The van der Waals surface area contributed by atoms with E-state index in [2.05, 4.69) is 27.6 Å². The number of hydrazone groups is 1. The molecule has 0 saturated carbocycles. The summed E-state index contributed by atoms with van der Waals surface area (Å²) in [5, 5.41) is 6.31. The van der Waals surface area contributed by atoms with Crippen molar-refractivity contribution < 1.29 is 4.98 Å². The summed E-state index contributed by atoms with van der Waals surface area (Å²) in [5.74, 6) is 0. The number of hydrogen-bond acceptors (Lipinski definition) is 2. The SMILES string of the molecule is CC(=NNc1cccc2ccc[nH+]c12)c1ccc(Cl)cc1. The van der Waals surface area contributed by atoms with Crippen molar-refractivity contribution in [3.63, 3.8) is 0 Å². The topological polar surface area (TPSA) is 38.5 Å². The van der Waals surface area contributed by atoms with Crippen LogP contribution in [0, 0.1) is 0 Å². The zero-order chi connectivity index (χ0) is 14.7. The van der Waals surface area contributed by atoms with Gasteiger partial charge >= 0.3 is 0 Å². The highest BCUT2D eigenvalue weighted by Crippen LogP contribution is 2.18. The van der Waals surface area contributed by atoms with Crippen molar-refractivity contribution in [3.05, 3.63) is 71.4 Å². The van der Waals surface area contributed by atoms with E-state index in [0.717, 1.165) is 32.9 Å². The van der Waals surface area contributed by atoms with Crippen LogP contribution >= 0.6 is 11.6 Å². The molecule has 0 bridgehead atoms. The fraction of sp³-hybridized carbons (Fsp3) is 0.0588. The highest BCUT2D eigenvalue weighted by Gasteiger charge is 2.05. The van der Waals surface area contributed by atoms with Gasteiger partial charge in [-0.1, -0.05) is 29.8 Å². The number of nitrogens with one attached hydrogen (secondary N) is 2. The van der Waals surface area contributed by atoms with Gasteiger partial charge in [-0.15, -0.1) is 0 Å². The Morgan fingerprint density at radius 3 is 2.62 bits per heavy atom. The predicted octanol–water partition coefficient (Wildman–Crippen LogP) is 4.14. The Hall–Kier alpha value is -2.39. The van der Waals surface area contributed by atoms with Gasteiger partial charge in [-0.2, -0.15) is 5.10 Å². The monoisotopic (exact) mass is 296 g/mol. The zero-order valence-corrected chi connectivity index (χ0v) is 12.4. The number of fused-ring (bicyclic) bond motifs is 1. The van der Waals surface area contributed by atoms with Gasteiger partial charge in [0.1, 0.15) is 5.69 Å². The Morgan fingerprint density at radius 2 is 1.81 bits per heavy atom. The maximum Gasteiger partial charge on any atom is 0.236 e. The molecule has 0 radical (unpaired) electrons. The third-order valence-corrected chi connectivity index (χ3v) is 3.55. The third kappa shape index (κ3) is 3.03. The summed E-state index contributed by atoms with van der Waals surface area (Å²) >= 11 is 5.90. The molecule has 3 aromatic rings. The lowest BCUT2D eigenvalue weighted by Crippen LogP contribution is -2.06. The van der Waals surface area contributed by atoms with Crippen LogP contribution in [-0.4, -0.2) is 5.71 Å². The van der Waals surface area contributed by atoms with E-state index in [1.54, 1.807) is 0 Å². The molecule has 1 aromatic heterocycles. The average molecular weight is 297 g/mol. The maximum absolute atomic E-state index is 5.90. The molecule has 4 heteroatoms. The molecule has 2 N–H and O–H groups in total. The Balaban J connectivity index is 1.88. The first-order chi connectivity index (χ1) is 10.2. The Kier molecular flexibility index (Phi) is 3.84. The number of aromatic nitrogens is 1. The maximum atomic E-state index is 5.90. The van der Waals surface area contributed by atoms with Crippen molar-refractivity contribution >= 4 is 33.9 Å². The van der Waals surface area contributed by atoms with Crippen molar-refractivity contribution in [1.29, 1.82) is 0 Å². The Labute approximate surface area is 128 Å². The summed E-state index contributed by atoms with van der Waals surface area (Å²) < 4.78 is 0. The van der Waals surface area contributed by atoms with Crippen LogP contribution in [0.5, 0.6) is 0 Å². The normalized spacial score (nSPS) is 11.6. The summed E-state index contributed by atoms with van der Waals surface area (Å²) in [4.78, 5) is 3.24. The molecule has 0 atom stereocenters. The molecule has 1 heterocycles. The number of para-hydroxylation sites is 1. The number of aromatic amines is 1. The van der Waals surface area contributed by atoms with Gasteiger partial charge in [0.05, 0.1) is 5.71 Å². The molecular formula is C17H15ClN3+. The molecule has 104 valence electrons. The molecule has 0 spiro atoms. The number of halogens is 1. The van der Waals surface area contributed by atoms with Gasteiger partial charge in [0.25, 0.3) is 0 Å². The minimum absolute atomic E-state index is 0.725. The molecule has 3 nitrogen and oxygen atoms in total. The molecular weight excluding hydrogens is 282 g/mol. The molecule has 0 fully saturated rings. The van der Waals surface area contributed by atoms with Crippen molar-refractivity contribution in [3.8, 4) is 0 Å². The lowest BCUT2D eigenvalue weighted by atomic mass is 10.1. The number of hydrogen-bond donors (Lipinski definition) is 1. The van der Waals surface area contributed by atoms with E-state index in [0.29, 0.717) is 0 Å². The van der Waals surface area contributed by atoms with E-state index in [4.69, 9.17) is 11.6 Å². The number of pyridine rings is 1. The third-order valence-electron chi connectivity index (χ3n) is 3.30. The first kappa shape index (κ1) is 13.6. The number of H-pyrrole nitrogens is 1. The molecule has 0 aliphatic heterocycles. The first-order valence-electron chi connectivity index (χ1n) is 6.70. The van der Waals surface area contributed by atoms with Crippen molar-refractivity contribution in [2.24, 2.45) is 5.10 Å². The van der Waals surface area contributed by atoms with Gasteiger partial charge < -0.3 is 0 Å². The van der Waals surface area contributed by atoms with Gasteiger partial charge in [0.2, 0.25) is 5.52 Å². The van der Waals surface area contributed by atoms with Gasteiger partial charge in [-0.05, 0) is 42.8 Å². The number of rotatable bonds is 3. The molecule has 3 rings (SSSR count). The summed E-state index contributed by atoms with van der Waals surface area (Å²) in [6.07, 6.45) is 1.91. The highest BCUT2D eigenvalue weighted by molar-refractivity contribution is 6.30. The van der Waals surface area contributed by atoms with E-state index >= 15 is 0 Å². The van der Waals surface area contributed by atoms with Crippen LogP contribution in [0.4, 0.5) is 5.69 Å². The van der Waals surface area contributed by atoms with Crippen molar-refractivity contribution in [2.45, 2.75) is 6.92 Å². The largest absolute Gasteiger partial charge is 0.272 e. The second-order valence-electron chi connectivity index (χ2n) is 4.76. The lowest BCUT2D eigenvalue weighted by molar-refractivity contribution is -0.344. The predicted molar refractivity (Wildman–Crippen MR) is 87.8 cm³/mol. The van der Waals surface area contributed by atoms with Crippen LogP contribution in [0.1, 0.15) is 12.5 Å². The molecule has 0 amide bonds. The minimum Gasteiger partial charge on any atom is -0.272 e. The van der Waals surface area contributed by atoms with E-state index in [-0.39, 0.29) is 0 Å². The fourth-order valence-corrected chi connectivity index (χ4v) is 2.27. The summed E-state index contributed by atoms with van der Waals surface area (Å²) in [5.41, 5.74) is 7.05. The van der Waals surface area contributed by atoms with E-state index in [1.807, 2.05) is 55.6 Å². The van der Waals surface area contributed by atoms with Crippen LogP contribution in [0.3, 0.4) is 0 Å². The minimum atomic E-state index is 0.725. The van der Waals surface area contributed by atoms with Gasteiger partial charge in [-0.25, -0.2) is 4.98 Å². The fourth-order valence-electron chi connectivity index (χ4n) is 2.15. The van der Waals surface area contributed by atoms with Gasteiger partial charge in [-0.3, -0.25) is 5.43 Å². The molecule has 0 saturated heterocycles. The van der Waals surface area contributed by atoms with Crippen molar-refractivity contribution in [2.75, 3.05) is 5.43 Å².